The largest absolute Gasteiger partial charge is 0.382 e. The van der Waals surface area contributed by atoms with Crippen molar-refractivity contribution in [2.24, 2.45) is 0 Å². The van der Waals surface area contributed by atoms with Gasteiger partial charge in [-0.1, -0.05) is 6.07 Å². The molecule has 0 aliphatic rings. The summed E-state index contributed by atoms with van der Waals surface area (Å²) >= 11 is 0. The summed E-state index contributed by atoms with van der Waals surface area (Å²) in [4.78, 5) is 11.7. The van der Waals surface area contributed by atoms with Crippen LogP contribution in [-0.4, -0.2) is 25.7 Å². The van der Waals surface area contributed by atoms with Crippen LogP contribution in [0.5, 0.6) is 0 Å². The van der Waals surface area contributed by atoms with Crippen LogP contribution in [-0.2, 0) is 9.53 Å². The van der Waals surface area contributed by atoms with E-state index in [0.717, 1.165) is 18.2 Å². The number of nitriles is 1. The molecule has 0 radical (unpaired) electrons. The van der Waals surface area contributed by atoms with E-state index in [2.05, 4.69) is 5.32 Å². The van der Waals surface area contributed by atoms with Crippen molar-refractivity contribution < 1.29 is 18.3 Å². The average Bonchev–Trinajstić information content (AvgIpc) is 2.46. The molecule has 4 nitrogen and oxygen atoms in total. The van der Waals surface area contributed by atoms with Crippen LogP contribution in [0.1, 0.15) is 18.9 Å². The van der Waals surface area contributed by atoms with Gasteiger partial charge in [0.05, 0.1) is 0 Å². The Labute approximate surface area is 122 Å². The Morgan fingerprint density at radius 3 is 2.67 bits per heavy atom. The Hall–Kier alpha value is -2.26. The molecular formula is C15H16F2N2O2. The number of ether oxygens (including phenoxy) is 1. The van der Waals surface area contributed by atoms with Gasteiger partial charge in [0.1, 0.15) is 23.3 Å². The molecule has 0 heterocycles. The standard InChI is InChI=1S/C15H16F2N2O2/c1-2-21-8-4-7-19-15(20)11(10-18)9-12-13(16)5-3-6-14(12)17/h3,5-6,9H,2,4,7-8H2,1H3,(H,19,20)/b11-9+. The number of hydrogen-bond donors (Lipinski definition) is 1. The van der Waals surface area contributed by atoms with E-state index >= 15 is 0 Å². The summed E-state index contributed by atoms with van der Waals surface area (Å²) in [5, 5.41) is 11.4. The van der Waals surface area contributed by atoms with Gasteiger partial charge in [-0.25, -0.2) is 8.78 Å². The third-order valence-electron chi connectivity index (χ3n) is 2.61. The highest BCUT2D eigenvalue weighted by Gasteiger charge is 2.12. The molecule has 112 valence electrons. The van der Waals surface area contributed by atoms with Gasteiger partial charge in [0, 0.05) is 25.3 Å². The lowest BCUT2D eigenvalue weighted by molar-refractivity contribution is -0.117. The molecule has 1 amide bonds. The summed E-state index contributed by atoms with van der Waals surface area (Å²) in [6.45, 7) is 3.25. The topological polar surface area (TPSA) is 62.1 Å². The van der Waals surface area contributed by atoms with E-state index in [9.17, 15) is 13.6 Å². The van der Waals surface area contributed by atoms with Crippen molar-refractivity contribution in [3.63, 3.8) is 0 Å². The second-order valence-electron chi connectivity index (χ2n) is 4.11. The molecule has 1 N–H and O–H groups in total. The highest BCUT2D eigenvalue weighted by atomic mass is 19.1. The maximum absolute atomic E-state index is 13.5. The Balaban J connectivity index is 2.72. The minimum absolute atomic E-state index is 0.317. The van der Waals surface area contributed by atoms with Gasteiger partial charge in [0.15, 0.2) is 0 Å². The maximum Gasteiger partial charge on any atom is 0.261 e. The van der Waals surface area contributed by atoms with Crippen LogP contribution in [0.25, 0.3) is 6.08 Å². The van der Waals surface area contributed by atoms with Crippen LogP contribution < -0.4 is 5.32 Å². The van der Waals surface area contributed by atoms with E-state index in [1.807, 2.05) is 6.92 Å². The van der Waals surface area contributed by atoms with Crippen LogP contribution in [0.3, 0.4) is 0 Å². The van der Waals surface area contributed by atoms with E-state index in [4.69, 9.17) is 10.00 Å². The molecule has 0 aromatic heterocycles. The number of carbonyl (C=O) groups is 1. The van der Waals surface area contributed by atoms with Crippen LogP contribution in [0.4, 0.5) is 8.78 Å². The zero-order valence-corrected chi connectivity index (χ0v) is 11.7. The zero-order chi connectivity index (χ0) is 15.7. The highest BCUT2D eigenvalue weighted by molar-refractivity contribution is 6.01. The smallest absolute Gasteiger partial charge is 0.261 e. The normalized spacial score (nSPS) is 11.0. The molecule has 0 spiro atoms. The lowest BCUT2D eigenvalue weighted by Crippen LogP contribution is -2.26. The summed E-state index contributed by atoms with van der Waals surface area (Å²) in [6, 6.07) is 4.97. The van der Waals surface area contributed by atoms with Gasteiger partial charge in [0.2, 0.25) is 0 Å². The molecular weight excluding hydrogens is 278 g/mol. The minimum atomic E-state index is -0.827. The fourth-order valence-electron chi connectivity index (χ4n) is 1.56. The molecule has 1 aromatic carbocycles. The number of nitrogens with one attached hydrogen (secondary N) is 1. The summed E-state index contributed by atoms with van der Waals surface area (Å²) in [6.07, 6.45) is 1.49. The number of hydrogen-bond acceptors (Lipinski definition) is 3. The molecule has 1 aromatic rings. The van der Waals surface area contributed by atoms with E-state index in [1.54, 1.807) is 6.07 Å². The van der Waals surface area contributed by atoms with Gasteiger partial charge < -0.3 is 10.1 Å². The van der Waals surface area contributed by atoms with Crippen LogP contribution >= 0.6 is 0 Å². The Bertz CT molecular complexity index is 545. The summed E-state index contributed by atoms with van der Waals surface area (Å²) in [7, 11) is 0. The van der Waals surface area contributed by atoms with Crippen LogP contribution in [0.2, 0.25) is 0 Å². The minimum Gasteiger partial charge on any atom is -0.382 e. The van der Waals surface area contributed by atoms with Crippen molar-refractivity contribution in [2.45, 2.75) is 13.3 Å². The predicted molar refractivity (Wildman–Crippen MR) is 74.1 cm³/mol. The third-order valence-corrected chi connectivity index (χ3v) is 2.61. The van der Waals surface area contributed by atoms with E-state index in [0.29, 0.717) is 26.2 Å². The number of amides is 1. The maximum atomic E-state index is 13.5. The average molecular weight is 294 g/mol. The Morgan fingerprint density at radius 1 is 1.43 bits per heavy atom. The molecule has 0 atom stereocenters. The first-order valence-electron chi connectivity index (χ1n) is 6.52. The molecule has 1 rings (SSSR count). The zero-order valence-electron chi connectivity index (χ0n) is 11.7. The monoisotopic (exact) mass is 294 g/mol. The van der Waals surface area contributed by atoms with Gasteiger partial charge in [-0.2, -0.15) is 5.26 Å². The SMILES string of the molecule is CCOCCCNC(=O)/C(C#N)=C/c1c(F)cccc1F. The van der Waals surface area contributed by atoms with Gasteiger partial charge in [-0.3, -0.25) is 4.79 Å². The lowest BCUT2D eigenvalue weighted by Gasteiger charge is -2.05. The quantitative estimate of drug-likeness (QED) is 0.477. The molecule has 0 saturated heterocycles. The molecule has 0 aliphatic heterocycles. The second-order valence-corrected chi connectivity index (χ2v) is 4.11. The van der Waals surface area contributed by atoms with Crippen molar-refractivity contribution in [2.75, 3.05) is 19.8 Å². The fraction of sp³-hybridized carbons (Fsp3) is 0.333. The lowest BCUT2D eigenvalue weighted by atomic mass is 10.1. The van der Waals surface area contributed by atoms with Crippen molar-refractivity contribution >= 4 is 12.0 Å². The van der Waals surface area contributed by atoms with Crippen LogP contribution in [0, 0.1) is 23.0 Å². The predicted octanol–water partition coefficient (Wildman–Crippen LogP) is 2.41. The first-order chi connectivity index (χ1) is 10.1. The first-order valence-corrected chi connectivity index (χ1v) is 6.52. The second kappa shape index (κ2) is 8.82. The van der Waals surface area contributed by atoms with E-state index < -0.39 is 23.1 Å². The molecule has 21 heavy (non-hydrogen) atoms. The number of rotatable bonds is 7. The van der Waals surface area contributed by atoms with Gasteiger partial charge in [-0.15, -0.1) is 0 Å². The third kappa shape index (κ3) is 5.32. The Kier molecular flexibility index (Phi) is 7.05. The first kappa shape index (κ1) is 16.8. The van der Waals surface area contributed by atoms with E-state index in [1.165, 1.54) is 6.07 Å². The van der Waals surface area contributed by atoms with Crippen LogP contribution in [0.15, 0.2) is 23.8 Å². The molecule has 0 unspecified atom stereocenters. The number of nitrogens with zero attached hydrogens (tertiary/aromatic N) is 1. The summed E-state index contributed by atoms with van der Waals surface area (Å²) in [5.41, 5.74) is -0.756. The molecule has 0 fully saturated rings. The van der Waals surface area contributed by atoms with Crippen molar-refractivity contribution in [3.8, 4) is 6.07 Å². The summed E-state index contributed by atoms with van der Waals surface area (Å²) in [5.74, 6) is -2.32. The van der Waals surface area contributed by atoms with Crippen molar-refractivity contribution in [1.82, 2.24) is 5.32 Å². The molecule has 0 aliphatic carbocycles. The van der Waals surface area contributed by atoms with Crippen molar-refractivity contribution in [1.29, 1.82) is 5.26 Å². The summed E-state index contributed by atoms with van der Waals surface area (Å²) < 4.78 is 32.0. The van der Waals surface area contributed by atoms with Gasteiger partial charge >= 0.3 is 0 Å². The van der Waals surface area contributed by atoms with Crippen molar-refractivity contribution in [3.05, 3.63) is 41.0 Å². The molecule has 6 heteroatoms. The van der Waals surface area contributed by atoms with E-state index in [-0.39, 0.29) is 5.57 Å². The highest BCUT2D eigenvalue weighted by Crippen LogP contribution is 2.15. The van der Waals surface area contributed by atoms with Gasteiger partial charge in [-0.05, 0) is 31.6 Å². The molecule has 0 bridgehead atoms. The number of halogens is 2. The Morgan fingerprint density at radius 2 is 2.10 bits per heavy atom. The number of carbonyl (C=O) groups excluding carboxylic acids is 1. The fourth-order valence-corrected chi connectivity index (χ4v) is 1.56. The molecule has 0 saturated carbocycles. The number of benzene rings is 1. The van der Waals surface area contributed by atoms with Gasteiger partial charge in [0.25, 0.3) is 5.91 Å².